The van der Waals surface area contributed by atoms with Gasteiger partial charge in [0.25, 0.3) is 5.91 Å². The molecule has 0 fully saturated rings. The number of unbranched alkanes of at least 4 members (excludes halogenated alkanes) is 11. The lowest BCUT2D eigenvalue weighted by Crippen LogP contribution is -3.00. The van der Waals surface area contributed by atoms with Crippen molar-refractivity contribution in [3.05, 3.63) is 54.1 Å². The summed E-state index contributed by atoms with van der Waals surface area (Å²) in [5.41, 5.74) is 1.79. The molecule has 1 N–H and O–H groups in total. The van der Waals surface area contributed by atoms with Crippen molar-refractivity contribution in [1.29, 1.82) is 0 Å². The standard InChI is InChI=1S/C36H56N4O4.BrH/c1-6-7-8-14-18-29-44-36(42)30(2)37-35(41)31-19-21-32(22-20-31)38-39-33-23-25-34(26-24-33)43-28-17-15-12-10-9-11-13-16-27-40(3,4)5;/h19-26,30H,6-18,27-29H2,1-5H3;1H/t30-;/m0./s1. The second-order valence-corrected chi connectivity index (χ2v) is 12.7. The molecule has 0 aliphatic carbocycles. The Morgan fingerprint density at radius 1 is 0.711 bits per heavy atom. The molecule has 0 bridgehead atoms. The van der Waals surface area contributed by atoms with Gasteiger partial charge < -0.3 is 36.3 Å². The van der Waals surface area contributed by atoms with Crippen LogP contribution in [-0.4, -0.2) is 63.3 Å². The van der Waals surface area contributed by atoms with E-state index >= 15 is 0 Å². The van der Waals surface area contributed by atoms with Crippen LogP contribution in [0.25, 0.3) is 0 Å². The first-order valence-electron chi connectivity index (χ1n) is 16.7. The molecule has 0 heterocycles. The fraction of sp³-hybridized carbons (Fsp3) is 0.611. The van der Waals surface area contributed by atoms with Gasteiger partial charge in [0, 0.05) is 5.56 Å². The van der Waals surface area contributed by atoms with Gasteiger partial charge in [-0.2, -0.15) is 10.2 Å². The number of azo groups is 1. The maximum atomic E-state index is 12.6. The Hall–Kier alpha value is -2.78. The molecule has 45 heavy (non-hydrogen) atoms. The molecule has 0 unspecified atom stereocenters. The van der Waals surface area contributed by atoms with E-state index in [9.17, 15) is 9.59 Å². The molecule has 2 aromatic rings. The number of nitrogens with one attached hydrogen (secondary N) is 1. The van der Waals surface area contributed by atoms with Crippen molar-refractivity contribution in [3.8, 4) is 5.75 Å². The third-order valence-corrected chi connectivity index (χ3v) is 7.43. The van der Waals surface area contributed by atoms with Gasteiger partial charge in [-0.15, -0.1) is 0 Å². The van der Waals surface area contributed by atoms with Crippen molar-refractivity contribution in [2.75, 3.05) is 40.9 Å². The summed E-state index contributed by atoms with van der Waals surface area (Å²) in [4.78, 5) is 24.7. The van der Waals surface area contributed by atoms with Crippen molar-refractivity contribution in [3.63, 3.8) is 0 Å². The summed E-state index contributed by atoms with van der Waals surface area (Å²) in [6.07, 6.45) is 15.6. The Kier molecular flexibility index (Phi) is 21.1. The van der Waals surface area contributed by atoms with E-state index < -0.39 is 12.0 Å². The van der Waals surface area contributed by atoms with Crippen LogP contribution < -0.4 is 27.0 Å². The van der Waals surface area contributed by atoms with Crippen LogP contribution in [-0.2, 0) is 9.53 Å². The van der Waals surface area contributed by atoms with Gasteiger partial charge in [-0.3, -0.25) is 4.79 Å². The first-order valence-corrected chi connectivity index (χ1v) is 16.7. The van der Waals surface area contributed by atoms with Crippen LogP contribution in [0.2, 0.25) is 0 Å². The van der Waals surface area contributed by atoms with Crippen LogP contribution in [0.1, 0.15) is 108 Å². The maximum absolute atomic E-state index is 12.6. The molecule has 1 atom stereocenters. The van der Waals surface area contributed by atoms with Gasteiger partial charge in [0.1, 0.15) is 11.8 Å². The van der Waals surface area contributed by atoms with E-state index in [0.29, 0.717) is 17.9 Å². The zero-order valence-electron chi connectivity index (χ0n) is 28.4. The summed E-state index contributed by atoms with van der Waals surface area (Å²) < 4.78 is 12.2. The number of hydrogen-bond donors (Lipinski definition) is 1. The van der Waals surface area contributed by atoms with Crippen molar-refractivity contribution in [1.82, 2.24) is 5.32 Å². The highest BCUT2D eigenvalue weighted by Crippen LogP contribution is 2.22. The van der Waals surface area contributed by atoms with E-state index in [1.54, 1.807) is 31.2 Å². The van der Waals surface area contributed by atoms with Gasteiger partial charge in [-0.1, -0.05) is 64.7 Å². The first-order chi connectivity index (χ1) is 21.2. The van der Waals surface area contributed by atoms with E-state index in [1.165, 1.54) is 64.3 Å². The van der Waals surface area contributed by atoms with Gasteiger partial charge in [-0.05, 0) is 81.1 Å². The van der Waals surface area contributed by atoms with Crippen LogP contribution in [0.5, 0.6) is 5.75 Å². The minimum Gasteiger partial charge on any atom is -1.00 e. The number of benzene rings is 2. The van der Waals surface area contributed by atoms with E-state index in [2.05, 4.69) is 43.6 Å². The Balaban J connectivity index is 0.0000101. The third kappa shape index (κ3) is 19.4. The minimum absolute atomic E-state index is 0. The SMILES string of the molecule is CCCCCCCOC(=O)[C@H](C)NC(=O)c1ccc(N=Nc2ccc(OCCCCCCCCCC[N+](C)(C)C)cc2)cc1.[Br-]. The molecule has 2 rings (SSSR count). The lowest BCUT2D eigenvalue weighted by atomic mass is 10.1. The van der Waals surface area contributed by atoms with Crippen molar-refractivity contribution in [2.24, 2.45) is 10.2 Å². The molecule has 2 aromatic carbocycles. The molecule has 0 aliphatic heterocycles. The molecular formula is C36H57BrN4O4. The molecule has 0 aliphatic rings. The average Bonchev–Trinajstić information content (AvgIpc) is 3.00. The number of ether oxygens (including phenoxy) is 2. The van der Waals surface area contributed by atoms with E-state index in [4.69, 9.17) is 9.47 Å². The Bertz CT molecular complexity index is 1100. The molecule has 9 heteroatoms. The topological polar surface area (TPSA) is 89.3 Å². The molecule has 0 spiro atoms. The summed E-state index contributed by atoms with van der Waals surface area (Å²) >= 11 is 0. The number of rotatable bonds is 23. The summed E-state index contributed by atoms with van der Waals surface area (Å²) in [6, 6.07) is 13.7. The predicted molar refractivity (Wildman–Crippen MR) is 179 cm³/mol. The fourth-order valence-electron chi connectivity index (χ4n) is 4.69. The summed E-state index contributed by atoms with van der Waals surface area (Å²) in [6.45, 7) is 6.17. The maximum Gasteiger partial charge on any atom is 0.328 e. The summed E-state index contributed by atoms with van der Waals surface area (Å²) in [7, 11) is 6.78. The summed E-state index contributed by atoms with van der Waals surface area (Å²) in [5, 5.41) is 11.3. The molecular weight excluding hydrogens is 632 g/mol. The molecule has 252 valence electrons. The minimum atomic E-state index is -0.716. The molecule has 0 saturated carbocycles. The molecule has 8 nitrogen and oxygen atoms in total. The normalized spacial score (nSPS) is 12.0. The monoisotopic (exact) mass is 688 g/mol. The van der Waals surface area contributed by atoms with Gasteiger partial charge in [0.05, 0.1) is 52.3 Å². The Morgan fingerprint density at radius 2 is 1.20 bits per heavy atom. The van der Waals surface area contributed by atoms with Crippen molar-refractivity contribution < 1.29 is 40.5 Å². The van der Waals surface area contributed by atoms with Crippen LogP contribution in [0, 0.1) is 0 Å². The highest BCUT2D eigenvalue weighted by Gasteiger charge is 2.18. The Labute approximate surface area is 282 Å². The Morgan fingerprint density at radius 3 is 1.76 bits per heavy atom. The van der Waals surface area contributed by atoms with Crippen LogP contribution in [0.4, 0.5) is 11.4 Å². The second-order valence-electron chi connectivity index (χ2n) is 12.7. The van der Waals surface area contributed by atoms with Crippen molar-refractivity contribution >= 4 is 23.3 Å². The smallest absolute Gasteiger partial charge is 0.328 e. The lowest BCUT2D eigenvalue weighted by molar-refractivity contribution is -0.870. The predicted octanol–water partition coefficient (Wildman–Crippen LogP) is 5.94. The number of carbonyl (C=O) groups excluding carboxylic acids is 2. The number of hydrogen-bond acceptors (Lipinski definition) is 6. The number of carbonyl (C=O) groups is 2. The molecule has 0 aromatic heterocycles. The highest BCUT2D eigenvalue weighted by atomic mass is 79.9. The molecule has 1 amide bonds. The zero-order valence-corrected chi connectivity index (χ0v) is 29.9. The average molecular weight is 690 g/mol. The quantitative estimate of drug-likeness (QED) is 0.0677. The highest BCUT2D eigenvalue weighted by molar-refractivity contribution is 5.96. The lowest BCUT2D eigenvalue weighted by Gasteiger charge is -2.23. The number of esters is 1. The van der Waals surface area contributed by atoms with Gasteiger partial charge >= 0.3 is 5.97 Å². The molecule has 0 radical (unpaired) electrons. The largest absolute Gasteiger partial charge is 1.00 e. The van der Waals surface area contributed by atoms with Crippen LogP contribution >= 0.6 is 0 Å². The third-order valence-electron chi connectivity index (χ3n) is 7.43. The van der Waals surface area contributed by atoms with E-state index in [-0.39, 0.29) is 22.9 Å². The van der Waals surface area contributed by atoms with E-state index in [0.717, 1.165) is 48.2 Å². The van der Waals surface area contributed by atoms with Crippen LogP contribution in [0.15, 0.2) is 58.8 Å². The van der Waals surface area contributed by atoms with Gasteiger partial charge in [-0.25, -0.2) is 4.79 Å². The molecule has 0 saturated heterocycles. The van der Waals surface area contributed by atoms with Gasteiger partial charge in [0.2, 0.25) is 0 Å². The number of nitrogens with zero attached hydrogens (tertiary/aromatic N) is 3. The zero-order chi connectivity index (χ0) is 32.0. The van der Waals surface area contributed by atoms with Crippen molar-refractivity contribution in [2.45, 2.75) is 103 Å². The second kappa shape index (κ2) is 23.5. The van der Waals surface area contributed by atoms with Crippen LogP contribution in [0.3, 0.4) is 0 Å². The summed E-state index contributed by atoms with van der Waals surface area (Å²) in [5.74, 6) is 0.0816. The van der Waals surface area contributed by atoms with Gasteiger partial charge in [0.15, 0.2) is 0 Å². The first kappa shape index (κ1) is 40.2. The number of amides is 1. The fourth-order valence-corrected chi connectivity index (χ4v) is 4.69. The number of quaternary nitrogens is 1. The van der Waals surface area contributed by atoms with E-state index in [1.807, 2.05) is 24.3 Å². The number of halogens is 1.